The van der Waals surface area contributed by atoms with E-state index in [4.69, 9.17) is 0 Å². The van der Waals surface area contributed by atoms with Gasteiger partial charge in [0.15, 0.2) is 12.4 Å². The number of hydrogen-bond donors (Lipinski definition) is 0. The van der Waals surface area contributed by atoms with E-state index in [0.717, 1.165) is 5.01 Å². The molecular formula is C6H7N3O2. The van der Waals surface area contributed by atoms with Gasteiger partial charge in [-0.3, -0.25) is 0 Å². The number of rotatable bonds is 2. The molecule has 11 heavy (non-hydrogen) atoms. The molecule has 5 nitrogen and oxygen atoms in total. The van der Waals surface area contributed by atoms with Crippen molar-refractivity contribution in [2.45, 2.75) is 0 Å². The predicted molar refractivity (Wildman–Crippen MR) is 39.6 cm³/mol. The molecule has 0 N–H and O–H groups in total. The van der Waals surface area contributed by atoms with Crippen LogP contribution < -0.4 is 9.74 Å². The van der Waals surface area contributed by atoms with E-state index in [1.807, 2.05) is 0 Å². The van der Waals surface area contributed by atoms with Crippen molar-refractivity contribution < 1.29 is 4.73 Å². The second kappa shape index (κ2) is 2.96. The Kier molecular flexibility index (Phi) is 2.00. The van der Waals surface area contributed by atoms with Gasteiger partial charge in [0, 0.05) is 19.2 Å². The van der Waals surface area contributed by atoms with Crippen molar-refractivity contribution in [1.29, 1.82) is 0 Å². The lowest BCUT2D eigenvalue weighted by atomic mass is 10.4. The second-order valence-corrected chi connectivity index (χ2v) is 2.02. The SMILES string of the molecule is CN(N=O)c1cc[n+]([O-])cc1. The highest BCUT2D eigenvalue weighted by Crippen LogP contribution is 2.07. The van der Waals surface area contributed by atoms with E-state index < -0.39 is 0 Å². The summed E-state index contributed by atoms with van der Waals surface area (Å²) in [7, 11) is 1.51. The van der Waals surface area contributed by atoms with Gasteiger partial charge in [-0.05, 0) is 0 Å². The molecule has 1 aromatic rings. The summed E-state index contributed by atoms with van der Waals surface area (Å²) >= 11 is 0. The zero-order valence-electron chi connectivity index (χ0n) is 5.97. The molecule has 0 fully saturated rings. The standard InChI is InChI=1S/C6H7N3O2/c1-8(7-10)6-2-4-9(11)5-3-6/h2-5H,1H3. The van der Waals surface area contributed by atoms with Gasteiger partial charge in [-0.25, -0.2) is 5.01 Å². The highest BCUT2D eigenvalue weighted by molar-refractivity contribution is 5.41. The highest BCUT2D eigenvalue weighted by atomic mass is 16.5. The summed E-state index contributed by atoms with van der Waals surface area (Å²) < 4.78 is 0.641. The van der Waals surface area contributed by atoms with Crippen LogP contribution in [0.15, 0.2) is 29.8 Å². The molecule has 0 amide bonds. The zero-order valence-corrected chi connectivity index (χ0v) is 5.97. The lowest BCUT2D eigenvalue weighted by Crippen LogP contribution is -2.24. The Hall–Kier alpha value is -1.65. The third-order valence-corrected chi connectivity index (χ3v) is 1.28. The molecule has 0 saturated carbocycles. The monoisotopic (exact) mass is 153 g/mol. The van der Waals surface area contributed by atoms with Gasteiger partial charge in [0.25, 0.3) is 0 Å². The van der Waals surface area contributed by atoms with Gasteiger partial charge >= 0.3 is 0 Å². The van der Waals surface area contributed by atoms with Crippen LogP contribution in [-0.2, 0) is 0 Å². The van der Waals surface area contributed by atoms with E-state index in [0.29, 0.717) is 10.4 Å². The molecule has 58 valence electrons. The van der Waals surface area contributed by atoms with Crippen molar-refractivity contribution in [3.8, 4) is 0 Å². The quantitative estimate of drug-likeness (QED) is 0.268. The van der Waals surface area contributed by atoms with Crippen LogP contribution >= 0.6 is 0 Å². The zero-order chi connectivity index (χ0) is 8.27. The first-order valence-corrected chi connectivity index (χ1v) is 3.00. The molecule has 0 radical (unpaired) electrons. The molecule has 0 bridgehead atoms. The van der Waals surface area contributed by atoms with Crippen molar-refractivity contribution in [3.63, 3.8) is 0 Å². The van der Waals surface area contributed by atoms with Crippen LogP contribution in [0.25, 0.3) is 0 Å². The molecule has 1 aromatic heterocycles. The van der Waals surface area contributed by atoms with Gasteiger partial charge in [0.1, 0.15) is 0 Å². The summed E-state index contributed by atoms with van der Waals surface area (Å²) in [6.45, 7) is 0. The number of nitrogens with zero attached hydrogens (tertiary/aromatic N) is 3. The molecule has 0 aliphatic heterocycles. The van der Waals surface area contributed by atoms with E-state index in [-0.39, 0.29) is 0 Å². The number of anilines is 1. The first-order valence-electron chi connectivity index (χ1n) is 3.00. The molecule has 0 atom stereocenters. The third kappa shape index (κ3) is 1.64. The Morgan fingerprint density at radius 1 is 1.55 bits per heavy atom. The lowest BCUT2D eigenvalue weighted by molar-refractivity contribution is -0.605. The second-order valence-electron chi connectivity index (χ2n) is 2.02. The number of aromatic nitrogens is 1. The normalized spacial score (nSPS) is 9.18. The van der Waals surface area contributed by atoms with Crippen LogP contribution in [0.3, 0.4) is 0 Å². The number of pyridine rings is 1. The number of nitroso groups, excluding NO2 is 1. The van der Waals surface area contributed by atoms with Crippen molar-refractivity contribution in [2.24, 2.45) is 5.29 Å². The van der Waals surface area contributed by atoms with Crippen molar-refractivity contribution in [1.82, 2.24) is 0 Å². The van der Waals surface area contributed by atoms with Crippen LogP contribution in [0.1, 0.15) is 0 Å². The molecule has 1 heterocycles. The summed E-state index contributed by atoms with van der Waals surface area (Å²) in [6.07, 6.45) is 2.61. The van der Waals surface area contributed by atoms with Gasteiger partial charge in [0.2, 0.25) is 0 Å². The maximum absolute atomic E-state index is 10.5. The molecule has 0 aliphatic rings. The molecule has 0 spiro atoms. The summed E-state index contributed by atoms with van der Waals surface area (Å²) in [5.74, 6) is 0. The fourth-order valence-electron chi connectivity index (χ4n) is 0.668. The van der Waals surface area contributed by atoms with Gasteiger partial charge in [-0.2, -0.15) is 4.73 Å². The maximum atomic E-state index is 10.5. The van der Waals surface area contributed by atoms with E-state index >= 15 is 0 Å². The summed E-state index contributed by atoms with van der Waals surface area (Å²) in [4.78, 5) is 9.98. The molecule has 0 unspecified atom stereocenters. The smallest absolute Gasteiger partial charge is 0.182 e. The molecule has 1 rings (SSSR count). The minimum atomic E-state index is 0.590. The predicted octanol–water partition coefficient (Wildman–Crippen LogP) is 0.438. The van der Waals surface area contributed by atoms with E-state index in [1.165, 1.54) is 31.6 Å². The topological polar surface area (TPSA) is 59.6 Å². The highest BCUT2D eigenvalue weighted by Gasteiger charge is 1.99. The summed E-state index contributed by atoms with van der Waals surface area (Å²) in [5, 5.41) is 14.3. The van der Waals surface area contributed by atoms with Crippen LogP contribution in [0, 0.1) is 10.1 Å². The average Bonchev–Trinajstić information content (AvgIpc) is 2.05. The molecular weight excluding hydrogens is 146 g/mol. The third-order valence-electron chi connectivity index (χ3n) is 1.28. The minimum absolute atomic E-state index is 0.590. The van der Waals surface area contributed by atoms with Crippen LogP contribution in [0.5, 0.6) is 0 Å². The largest absolute Gasteiger partial charge is 0.619 e. The van der Waals surface area contributed by atoms with Crippen molar-refractivity contribution >= 4 is 5.69 Å². The van der Waals surface area contributed by atoms with Crippen LogP contribution in [0.4, 0.5) is 5.69 Å². The van der Waals surface area contributed by atoms with Gasteiger partial charge in [0.05, 0.1) is 11.0 Å². The van der Waals surface area contributed by atoms with E-state index in [2.05, 4.69) is 5.29 Å². The van der Waals surface area contributed by atoms with Gasteiger partial charge < -0.3 is 5.21 Å². The van der Waals surface area contributed by atoms with E-state index in [1.54, 1.807) is 0 Å². The lowest BCUT2D eigenvalue weighted by Gasteiger charge is -2.06. The Morgan fingerprint density at radius 3 is 2.55 bits per heavy atom. The fourth-order valence-corrected chi connectivity index (χ4v) is 0.668. The molecule has 0 saturated heterocycles. The first-order chi connectivity index (χ1) is 5.24. The molecule has 0 aliphatic carbocycles. The van der Waals surface area contributed by atoms with Crippen LogP contribution in [-0.4, -0.2) is 7.05 Å². The van der Waals surface area contributed by atoms with Gasteiger partial charge in [-0.1, -0.05) is 0 Å². The summed E-state index contributed by atoms with van der Waals surface area (Å²) in [5.41, 5.74) is 0.590. The Balaban J connectivity index is 2.89. The number of hydrogen-bond acceptors (Lipinski definition) is 3. The fraction of sp³-hybridized carbons (Fsp3) is 0.167. The molecule has 0 aromatic carbocycles. The maximum Gasteiger partial charge on any atom is 0.182 e. The minimum Gasteiger partial charge on any atom is -0.619 e. The Morgan fingerprint density at radius 2 is 2.09 bits per heavy atom. The van der Waals surface area contributed by atoms with Crippen molar-refractivity contribution in [2.75, 3.05) is 12.1 Å². The molecule has 5 heteroatoms. The average molecular weight is 153 g/mol. The van der Waals surface area contributed by atoms with Gasteiger partial charge in [-0.15, -0.1) is 4.91 Å². The first kappa shape index (κ1) is 7.46. The summed E-state index contributed by atoms with van der Waals surface area (Å²) in [6, 6.07) is 3.02. The Bertz CT molecular complexity index is 247. The van der Waals surface area contributed by atoms with Crippen molar-refractivity contribution in [3.05, 3.63) is 34.6 Å². The van der Waals surface area contributed by atoms with E-state index in [9.17, 15) is 10.1 Å². The van der Waals surface area contributed by atoms with Crippen LogP contribution in [0.2, 0.25) is 0 Å². The Labute approximate surface area is 63.4 Å².